The van der Waals surface area contributed by atoms with Gasteiger partial charge in [-0.15, -0.1) is 0 Å². The fourth-order valence-electron chi connectivity index (χ4n) is 1.44. The molecule has 0 fully saturated rings. The zero-order valence-corrected chi connectivity index (χ0v) is 11.3. The van der Waals surface area contributed by atoms with Gasteiger partial charge >= 0.3 is 13.3 Å². The molecule has 0 saturated heterocycles. The van der Waals surface area contributed by atoms with Crippen LogP contribution in [0.4, 0.5) is 0 Å². The van der Waals surface area contributed by atoms with E-state index in [0.29, 0.717) is 12.4 Å². The third-order valence-corrected chi connectivity index (χ3v) is 2.35. The van der Waals surface area contributed by atoms with Crippen molar-refractivity contribution in [2.24, 2.45) is 5.73 Å². The molecule has 106 valence electrons. The summed E-state index contributed by atoms with van der Waals surface area (Å²) in [5.41, 5.74) is 5.91. The quantitative estimate of drug-likeness (QED) is 0.336. The Bertz CT molecular complexity index is 209. The zero-order valence-electron chi connectivity index (χ0n) is 11.3. The van der Waals surface area contributed by atoms with Gasteiger partial charge in [-0.2, -0.15) is 9.59 Å². The van der Waals surface area contributed by atoms with Crippen molar-refractivity contribution < 1.29 is 19.6 Å². The summed E-state index contributed by atoms with van der Waals surface area (Å²) in [6.45, 7) is 5.20. The van der Waals surface area contributed by atoms with Crippen LogP contribution in [0.2, 0.25) is 6.32 Å². The minimum absolute atomic E-state index is 0.229. The summed E-state index contributed by atoms with van der Waals surface area (Å²) in [6.07, 6.45) is 4.47. The first-order chi connectivity index (χ1) is 8.43. The van der Waals surface area contributed by atoms with Crippen molar-refractivity contribution in [2.45, 2.75) is 57.9 Å². The smallest absolute Gasteiger partial charge is 0.427 e. The Morgan fingerprint density at radius 3 is 2.22 bits per heavy atom. The Morgan fingerprint density at radius 1 is 1.22 bits per heavy atom. The van der Waals surface area contributed by atoms with Crippen LogP contribution in [0.25, 0.3) is 0 Å². The Labute approximate surface area is 109 Å². The maximum atomic E-state index is 8.63. The molecule has 0 aliphatic heterocycles. The van der Waals surface area contributed by atoms with Gasteiger partial charge in [-0.3, -0.25) is 0 Å². The van der Waals surface area contributed by atoms with Gasteiger partial charge in [0.15, 0.2) is 0 Å². The molecule has 0 aliphatic carbocycles. The minimum Gasteiger partial charge on any atom is -0.427 e. The summed E-state index contributed by atoms with van der Waals surface area (Å²) in [4.78, 5) is 16.2. The number of unbranched alkanes of at least 4 members (excludes halogenated alkanes) is 1. The topological polar surface area (TPSA) is 113 Å². The number of rotatable bonds is 9. The van der Waals surface area contributed by atoms with E-state index in [-0.39, 0.29) is 12.2 Å². The van der Waals surface area contributed by atoms with Gasteiger partial charge in [-0.25, -0.2) is 0 Å². The first kappa shape index (κ1) is 19.6. The Hall–Kier alpha value is -0.715. The summed E-state index contributed by atoms with van der Waals surface area (Å²) < 4.78 is 0. The highest BCUT2D eigenvalue weighted by molar-refractivity contribution is 6.40. The molecule has 0 aromatic carbocycles. The van der Waals surface area contributed by atoms with Gasteiger partial charge < -0.3 is 21.1 Å². The molecule has 0 spiro atoms. The summed E-state index contributed by atoms with van der Waals surface area (Å²) in [5, 5.41) is 20.6. The van der Waals surface area contributed by atoms with E-state index >= 15 is 0 Å². The van der Waals surface area contributed by atoms with E-state index in [2.05, 4.69) is 19.2 Å². The fraction of sp³-hybridized carbons (Fsp3) is 0.909. The second kappa shape index (κ2) is 14.3. The van der Waals surface area contributed by atoms with Crippen molar-refractivity contribution in [3.8, 4) is 0 Å². The van der Waals surface area contributed by atoms with Crippen molar-refractivity contribution in [3.63, 3.8) is 0 Å². The standard InChI is InChI=1S/C10H25BN2O2.CO2/c1-9(2)13-8-6-10(12)5-3-4-7-11(14)15;2-1-3/h9-10,13-15H,3-8,12H2,1-2H3;. The zero-order chi connectivity index (χ0) is 14.4. The molecule has 0 aromatic rings. The molecule has 1 atom stereocenters. The highest BCUT2D eigenvalue weighted by Gasteiger charge is 2.07. The molecule has 0 rings (SSSR count). The fourth-order valence-corrected chi connectivity index (χ4v) is 1.44. The van der Waals surface area contributed by atoms with Crippen LogP contribution >= 0.6 is 0 Å². The maximum Gasteiger partial charge on any atom is 0.451 e. The second-order valence-electron chi connectivity index (χ2n) is 4.51. The van der Waals surface area contributed by atoms with Crippen LogP contribution in [-0.2, 0) is 9.59 Å². The SMILES string of the molecule is CC(C)NCCC(N)CCCCB(O)O.O=C=O. The van der Waals surface area contributed by atoms with Crippen molar-refractivity contribution in [3.05, 3.63) is 0 Å². The lowest BCUT2D eigenvalue weighted by molar-refractivity contribution is -0.191. The highest BCUT2D eigenvalue weighted by atomic mass is 16.4. The summed E-state index contributed by atoms with van der Waals surface area (Å²) in [5.74, 6) is 0. The van der Waals surface area contributed by atoms with E-state index in [1.165, 1.54) is 0 Å². The molecule has 18 heavy (non-hydrogen) atoms. The van der Waals surface area contributed by atoms with Gasteiger partial charge in [-0.1, -0.05) is 26.7 Å². The van der Waals surface area contributed by atoms with Crippen molar-refractivity contribution in [1.82, 2.24) is 5.32 Å². The van der Waals surface area contributed by atoms with Gasteiger partial charge in [0.1, 0.15) is 0 Å². The van der Waals surface area contributed by atoms with E-state index in [0.717, 1.165) is 32.2 Å². The predicted octanol–water partition coefficient (Wildman–Crippen LogP) is -0.239. The van der Waals surface area contributed by atoms with Gasteiger partial charge in [0.05, 0.1) is 0 Å². The molecule has 0 aromatic heterocycles. The van der Waals surface area contributed by atoms with Crippen LogP contribution in [-0.4, -0.2) is 41.9 Å². The van der Waals surface area contributed by atoms with Gasteiger partial charge in [-0.05, 0) is 25.7 Å². The first-order valence-electron chi connectivity index (χ1n) is 6.28. The molecule has 7 heteroatoms. The van der Waals surface area contributed by atoms with Crippen molar-refractivity contribution >= 4 is 13.3 Å². The van der Waals surface area contributed by atoms with Crippen LogP contribution in [0.15, 0.2) is 0 Å². The third-order valence-electron chi connectivity index (χ3n) is 2.35. The number of nitrogens with one attached hydrogen (secondary N) is 1. The molecule has 0 aliphatic rings. The van der Waals surface area contributed by atoms with Gasteiger partial charge in [0.25, 0.3) is 0 Å². The molecule has 0 heterocycles. The van der Waals surface area contributed by atoms with Crippen LogP contribution in [0.5, 0.6) is 0 Å². The van der Waals surface area contributed by atoms with Crippen molar-refractivity contribution in [1.29, 1.82) is 0 Å². The summed E-state index contributed by atoms with van der Waals surface area (Å²) >= 11 is 0. The van der Waals surface area contributed by atoms with Crippen LogP contribution < -0.4 is 11.1 Å². The average Bonchev–Trinajstić information content (AvgIpc) is 2.25. The first-order valence-corrected chi connectivity index (χ1v) is 6.28. The van der Waals surface area contributed by atoms with E-state index in [4.69, 9.17) is 25.4 Å². The highest BCUT2D eigenvalue weighted by Crippen LogP contribution is 2.05. The summed E-state index contributed by atoms with van der Waals surface area (Å²) in [6, 6.07) is 0.744. The molecule has 0 amide bonds. The lowest BCUT2D eigenvalue weighted by Gasteiger charge is -2.13. The molecule has 1 unspecified atom stereocenters. The second-order valence-corrected chi connectivity index (χ2v) is 4.51. The van der Waals surface area contributed by atoms with Crippen LogP contribution in [0.1, 0.15) is 39.5 Å². The molecule has 0 bridgehead atoms. The van der Waals surface area contributed by atoms with Crippen LogP contribution in [0.3, 0.4) is 0 Å². The molecular weight excluding hydrogens is 235 g/mol. The van der Waals surface area contributed by atoms with E-state index in [9.17, 15) is 0 Å². The molecule has 5 N–H and O–H groups in total. The van der Waals surface area contributed by atoms with Crippen LogP contribution in [0, 0.1) is 0 Å². The molecule has 6 nitrogen and oxygen atoms in total. The maximum absolute atomic E-state index is 8.63. The number of hydrogen-bond acceptors (Lipinski definition) is 6. The van der Waals surface area contributed by atoms with E-state index in [1.54, 1.807) is 0 Å². The predicted molar refractivity (Wildman–Crippen MR) is 69.6 cm³/mol. The Morgan fingerprint density at radius 2 is 1.78 bits per heavy atom. The number of nitrogens with two attached hydrogens (primary N) is 1. The van der Waals surface area contributed by atoms with Crippen molar-refractivity contribution in [2.75, 3.05) is 6.54 Å². The minimum atomic E-state index is -1.16. The lowest BCUT2D eigenvalue weighted by atomic mass is 9.83. The summed E-state index contributed by atoms with van der Waals surface area (Å²) in [7, 11) is -1.16. The van der Waals surface area contributed by atoms with Gasteiger partial charge in [0, 0.05) is 12.1 Å². The Balaban J connectivity index is 0. The molecular formula is C11H25BN2O4. The number of carbonyl (C=O) groups excluding carboxylic acids is 2. The van der Waals surface area contributed by atoms with E-state index in [1.807, 2.05) is 0 Å². The van der Waals surface area contributed by atoms with Gasteiger partial charge in [0.2, 0.25) is 0 Å². The monoisotopic (exact) mass is 260 g/mol. The molecule has 0 radical (unpaired) electrons. The lowest BCUT2D eigenvalue weighted by Crippen LogP contribution is -2.30. The third kappa shape index (κ3) is 20.7. The van der Waals surface area contributed by atoms with E-state index < -0.39 is 7.12 Å². The average molecular weight is 260 g/mol. The largest absolute Gasteiger partial charge is 0.451 e. The molecule has 0 saturated carbocycles. The Kier molecular flexibility index (Phi) is 15.6. The number of hydrogen-bond donors (Lipinski definition) is 4. The normalized spacial score (nSPS) is 11.4.